The van der Waals surface area contributed by atoms with Gasteiger partial charge < -0.3 is 4.74 Å². The quantitative estimate of drug-likeness (QED) is 0.0443. The van der Waals surface area contributed by atoms with E-state index in [9.17, 15) is 4.79 Å². The van der Waals surface area contributed by atoms with E-state index < -0.39 is 0 Å². The van der Waals surface area contributed by atoms with Gasteiger partial charge in [0, 0.05) is 6.42 Å². The Kier molecular flexibility index (Phi) is 35.5. The zero-order chi connectivity index (χ0) is 29.0. The highest BCUT2D eigenvalue weighted by molar-refractivity contribution is 5.69. The molecule has 238 valence electrons. The van der Waals surface area contributed by atoms with Gasteiger partial charge in [0.2, 0.25) is 0 Å². The fourth-order valence-electron chi connectivity index (χ4n) is 5.60. The van der Waals surface area contributed by atoms with Crippen molar-refractivity contribution in [2.45, 2.75) is 219 Å². The molecule has 0 amide bonds. The van der Waals surface area contributed by atoms with Gasteiger partial charge in [-0.25, -0.2) is 0 Å². The van der Waals surface area contributed by atoms with Gasteiger partial charge in [-0.05, 0) is 38.5 Å². The van der Waals surface area contributed by atoms with Crippen LogP contribution in [0.15, 0.2) is 12.2 Å². The summed E-state index contributed by atoms with van der Waals surface area (Å²) in [5.41, 5.74) is 0. The van der Waals surface area contributed by atoms with Crippen LogP contribution in [0.1, 0.15) is 219 Å². The van der Waals surface area contributed by atoms with E-state index in [1.54, 1.807) is 0 Å². The molecule has 0 aliphatic heterocycles. The molecule has 0 N–H and O–H groups in total. The van der Waals surface area contributed by atoms with E-state index in [4.69, 9.17) is 4.74 Å². The first-order valence-corrected chi connectivity index (χ1v) is 18.6. The van der Waals surface area contributed by atoms with Gasteiger partial charge in [-0.2, -0.15) is 0 Å². The van der Waals surface area contributed by atoms with Gasteiger partial charge in [-0.1, -0.05) is 187 Å². The number of ether oxygens (including phenoxy) is 1. The standard InChI is InChI=1S/C38H74O2/c1-3-5-7-9-11-13-15-17-19-21-22-24-26-28-30-32-34-36-38(39)40-37-35-33-31-29-27-25-23-20-18-16-14-12-10-8-6-4-2/h17,19H,3-16,18,20-37H2,1-2H3. The second-order valence-corrected chi connectivity index (χ2v) is 12.6. The Balaban J connectivity index is 3.18. The molecule has 0 bridgehead atoms. The molecular formula is C38H74O2. The molecule has 0 aromatic carbocycles. The molecule has 2 nitrogen and oxygen atoms in total. The van der Waals surface area contributed by atoms with Crippen LogP contribution in [-0.4, -0.2) is 12.6 Å². The highest BCUT2D eigenvalue weighted by atomic mass is 16.5. The Labute approximate surface area is 253 Å². The number of carbonyl (C=O) groups is 1. The number of hydrogen-bond acceptors (Lipinski definition) is 2. The van der Waals surface area contributed by atoms with Crippen LogP contribution in [0.2, 0.25) is 0 Å². The van der Waals surface area contributed by atoms with Gasteiger partial charge in [0.15, 0.2) is 0 Å². The number of allylic oxidation sites excluding steroid dienone is 2. The van der Waals surface area contributed by atoms with Crippen molar-refractivity contribution in [3.05, 3.63) is 12.2 Å². The first-order chi connectivity index (χ1) is 19.8. The summed E-state index contributed by atoms with van der Waals surface area (Å²) < 4.78 is 5.44. The summed E-state index contributed by atoms with van der Waals surface area (Å²) in [4.78, 5) is 11.9. The topological polar surface area (TPSA) is 26.3 Å². The fourth-order valence-corrected chi connectivity index (χ4v) is 5.60. The number of carbonyl (C=O) groups excluding carboxylic acids is 1. The third kappa shape index (κ3) is 35.2. The molecule has 0 unspecified atom stereocenters. The van der Waals surface area contributed by atoms with Gasteiger partial charge in [0.05, 0.1) is 6.61 Å². The van der Waals surface area contributed by atoms with Gasteiger partial charge in [0.1, 0.15) is 0 Å². The minimum absolute atomic E-state index is 0.0219. The summed E-state index contributed by atoms with van der Waals surface area (Å²) in [5.74, 6) is 0.0219. The second-order valence-electron chi connectivity index (χ2n) is 12.6. The third-order valence-electron chi connectivity index (χ3n) is 8.40. The minimum atomic E-state index is 0.0219. The smallest absolute Gasteiger partial charge is 0.305 e. The van der Waals surface area contributed by atoms with Crippen molar-refractivity contribution >= 4 is 5.97 Å². The maximum Gasteiger partial charge on any atom is 0.305 e. The number of unbranched alkanes of at least 4 members (excludes halogenated alkanes) is 28. The van der Waals surface area contributed by atoms with Crippen molar-refractivity contribution in [2.75, 3.05) is 6.61 Å². The van der Waals surface area contributed by atoms with Gasteiger partial charge in [0.25, 0.3) is 0 Å². The summed E-state index contributed by atoms with van der Waals surface area (Å²) in [6, 6.07) is 0. The Bertz CT molecular complexity index is 498. The summed E-state index contributed by atoms with van der Waals surface area (Å²) in [6.07, 6.45) is 47.1. The first-order valence-electron chi connectivity index (χ1n) is 18.6. The number of hydrogen-bond donors (Lipinski definition) is 0. The van der Waals surface area contributed by atoms with Crippen LogP contribution >= 0.6 is 0 Å². The monoisotopic (exact) mass is 563 g/mol. The molecule has 0 aromatic rings. The molecule has 0 rings (SSSR count). The van der Waals surface area contributed by atoms with Gasteiger partial charge in [-0.3, -0.25) is 4.79 Å². The van der Waals surface area contributed by atoms with Crippen molar-refractivity contribution < 1.29 is 9.53 Å². The zero-order valence-electron chi connectivity index (χ0n) is 27.8. The first kappa shape index (κ1) is 39.2. The van der Waals surface area contributed by atoms with Crippen LogP contribution in [0.25, 0.3) is 0 Å². The van der Waals surface area contributed by atoms with E-state index >= 15 is 0 Å². The summed E-state index contributed by atoms with van der Waals surface area (Å²) in [6.45, 7) is 5.20. The highest BCUT2D eigenvalue weighted by Gasteiger charge is 2.02. The Hall–Kier alpha value is -0.790. The second kappa shape index (κ2) is 36.2. The maximum absolute atomic E-state index is 11.9. The van der Waals surface area contributed by atoms with Crippen LogP contribution in [0, 0.1) is 0 Å². The molecule has 0 aliphatic carbocycles. The molecule has 0 saturated carbocycles. The average molecular weight is 563 g/mol. The molecule has 0 radical (unpaired) electrons. The van der Waals surface area contributed by atoms with Crippen LogP contribution in [-0.2, 0) is 9.53 Å². The Morgan fingerprint density at radius 2 is 0.700 bits per heavy atom. The fraction of sp³-hybridized carbons (Fsp3) is 0.921. The van der Waals surface area contributed by atoms with E-state index in [1.807, 2.05) is 0 Å². The van der Waals surface area contributed by atoms with Crippen LogP contribution < -0.4 is 0 Å². The normalized spacial score (nSPS) is 11.6. The van der Waals surface area contributed by atoms with E-state index in [0.717, 1.165) is 12.8 Å². The predicted molar refractivity (Wildman–Crippen MR) is 179 cm³/mol. The lowest BCUT2D eigenvalue weighted by Crippen LogP contribution is -2.05. The van der Waals surface area contributed by atoms with Crippen LogP contribution in [0.4, 0.5) is 0 Å². The minimum Gasteiger partial charge on any atom is -0.466 e. The van der Waals surface area contributed by atoms with Crippen molar-refractivity contribution in [2.24, 2.45) is 0 Å². The average Bonchev–Trinajstić information content (AvgIpc) is 2.96. The molecule has 0 saturated heterocycles. The molecule has 0 fully saturated rings. The van der Waals surface area contributed by atoms with Gasteiger partial charge in [-0.15, -0.1) is 0 Å². The van der Waals surface area contributed by atoms with Crippen molar-refractivity contribution in [3.63, 3.8) is 0 Å². The SMILES string of the molecule is CCCCCCCCC=CCCCCCCCCCC(=O)OCCCCCCCCCCCCCCCCCC. The summed E-state index contributed by atoms with van der Waals surface area (Å²) in [5, 5.41) is 0. The molecule has 2 heteroatoms. The molecule has 0 atom stereocenters. The number of esters is 1. The van der Waals surface area contributed by atoms with Crippen LogP contribution in [0.3, 0.4) is 0 Å². The molecule has 0 aliphatic rings. The predicted octanol–water partition coefficient (Wildman–Crippen LogP) is 13.6. The summed E-state index contributed by atoms with van der Waals surface area (Å²) >= 11 is 0. The largest absolute Gasteiger partial charge is 0.466 e. The third-order valence-corrected chi connectivity index (χ3v) is 8.40. The molecular weight excluding hydrogens is 488 g/mol. The lowest BCUT2D eigenvalue weighted by atomic mass is 10.0. The van der Waals surface area contributed by atoms with Crippen molar-refractivity contribution in [3.8, 4) is 0 Å². The molecule has 0 heterocycles. The summed E-state index contributed by atoms with van der Waals surface area (Å²) in [7, 11) is 0. The highest BCUT2D eigenvalue weighted by Crippen LogP contribution is 2.14. The van der Waals surface area contributed by atoms with E-state index in [1.165, 1.54) is 186 Å². The van der Waals surface area contributed by atoms with Crippen LogP contribution in [0.5, 0.6) is 0 Å². The molecule has 40 heavy (non-hydrogen) atoms. The van der Waals surface area contributed by atoms with Crippen molar-refractivity contribution in [1.82, 2.24) is 0 Å². The lowest BCUT2D eigenvalue weighted by molar-refractivity contribution is -0.143. The Morgan fingerprint density at radius 3 is 1.07 bits per heavy atom. The Morgan fingerprint density at radius 1 is 0.400 bits per heavy atom. The lowest BCUT2D eigenvalue weighted by Gasteiger charge is -2.06. The zero-order valence-corrected chi connectivity index (χ0v) is 27.8. The van der Waals surface area contributed by atoms with Gasteiger partial charge >= 0.3 is 5.97 Å². The number of rotatable bonds is 34. The van der Waals surface area contributed by atoms with E-state index in [-0.39, 0.29) is 5.97 Å². The van der Waals surface area contributed by atoms with Crippen molar-refractivity contribution in [1.29, 1.82) is 0 Å². The maximum atomic E-state index is 11.9. The van der Waals surface area contributed by atoms with E-state index in [0.29, 0.717) is 13.0 Å². The molecule has 0 spiro atoms. The van der Waals surface area contributed by atoms with E-state index in [2.05, 4.69) is 26.0 Å². The molecule has 0 aromatic heterocycles.